The summed E-state index contributed by atoms with van der Waals surface area (Å²) >= 11 is 6.77. The second-order valence-electron chi connectivity index (χ2n) is 6.79. The number of likely N-dealkylation sites (N-methyl/N-ethyl adjacent to an activating group) is 1. The molecule has 1 fully saturated rings. The van der Waals surface area contributed by atoms with Crippen molar-refractivity contribution in [2.45, 2.75) is 51.8 Å². The van der Waals surface area contributed by atoms with Crippen molar-refractivity contribution in [1.82, 2.24) is 9.96 Å². The molecule has 1 aliphatic heterocycles. The number of allylic oxidation sites excluding steroid dienone is 1. The quantitative estimate of drug-likeness (QED) is 0.144. The van der Waals surface area contributed by atoms with Crippen molar-refractivity contribution in [3.05, 3.63) is 11.6 Å². The predicted molar refractivity (Wildman–Crippen MR) is 97.1 cm³/mol. The molecule has 0 aromatic carbocycles. The van der Waals surface area contributed by atoms with Gasteiger partial charge in [0.2, 0.25) is 5.76 Å². The first kappa shape index (κ1) is 20.8. The van der Waals surface area contributed by atoms with Gasteiger partial charge in [0.1, 0.15) is 5.84 Å². The largest absolute Gasteiger partial charge is 0.501 e. The smallest absolute Gasteiger partial charge is 0.265 e. The van der Waals surface area contributed by atoms with E-state index in [-0.39, 0.29) is 16.7 Å². The van der Waals surface area contributed by atoms with Gasteiger partial charge in [0.15, 0.2) is 6.29 Å². The van der Waals surface area contributed by atoms with E-state index in [1.54, 1.807) is 24.1 Å². The number of amidine groups is 1. The van der Waals surface area contributed by atoms with Crippen molar-refractivity contribution in [3.63, 3.8) is 0 Å². The van der Waals surface area contributed by atoms with Crippen molar-refractivity contribution < 1.29 is 14.7 Å². The molecule has 1 atom stereocenters. The molecular formula is C17H30ClN3O3. The number of aliphatic hydroxyl groups is 1. The fourth-order valence-corrected chi connectivity index (χ4v) is 3.04. The highest BCUT2D eigenvalue weighted by Crippen LogP contribution is 2.35. The number of alkyl halides is 1. The number of nitrogens with zero attached hydrogens (tertiary/aromatic N) is 3. The standard InChI is InChI=1S/C17H30ClN3O3/c1-6-7-8-9-17(2,3)14(18)15(19-4)21-11-10-20(5)24-16(21)13(23)12-22/h12,14,23H,6-11H2,1-5H3/b16-13-,19-15-. The van der Waals surface area contributed by atoms with E-state index in [2.05, 4.69) is 25.8 Å². The van der Waals surface area contributed by atoms with Gasteiger partial charge >= 0.3 is 0 Å². The number of halogens is 1. The van der Waals surface area contributed by atoms with Crippen LogP contribution in [0.2, 0.25) is 0 Å². The van der Waals surface area contributed by atoms with Crippen LogP contribution in [-0.4, -0.2) is 59.8 Å². The van der Waals surface area contributed by atoms with E-state index in [9.17, 15) is 9.90 Å². The number of aldehydes is 1. The molecule has 138 valence electrons. The summed E-state index contributed by atoms with van der Waals surface area (Å²) < 4.78 is 0. The molecule has 1 N–H and O–H groups in total. The van der Waals surface area contributed by atoms with Gasteiger partial charge in [-0.05, 0) is 11.8 Å². The highest BCUT2D eigenvalue weighted by atomic mass is 35.5. The van der Waals surface area contributed by atoms with Crippen molar-refractivity contribution >= 4 is 23.7 Å². The average molecular weight is 360 g/mol. The normalized spacial score (nSPS) is 20.6. The number of carbonyl (C=O) groups is 1. The summed E-state index contributed by atoms with van der Waals surface area (Å²) in [6.07, 6.45) is 4.77. The number of hydroxylamine groups is 2. The Kier molecular flexibility index (Phi) is 8.03. The molecule has 1 aliphatic rings. The van der Waals surface area contributed by atoms with Gasteiger partial charge in [-0.2, -0.15) is 0 Å². The molecule has 1 rings (SSSR count). The van der Waals surface area contributed by atoms with Crippen LogP contribution in [0.5, 0.6) is 0 Å². The first-order chi connectivity index (χ1) is 11.3. The molecule has 1 heterocycles. The van der Waals surface area contributed by atoms with E-state index < -0.39 is 5.76 Å². The molecule has 0 aromatic rings. The number of aliphatic hydroxyl groups excluding tert-OH is 1. The minimum Gasteiger partial charge on any atom is -0.501 e. The monoisotopic (exact) mass is 359 g/mol. The van der Waals surface area contributed by atoms with Crippen LogP contribution in [0.3, 0.4) is 0 Å². The first-order valence-electron chi connectivity index (χ1n) is 8.44. The lowest BCUT2D eigenvalue weighted by molar-refractivity contribution is -0.151. The molecule has 0 radical (unpaired) electrons. The van der Waals surface area contributed by atoms with Crippen LogP contribution < -0.4 is 0 Å². The molecule has 7 heteroatoms. The van der Waals surface area contributed by atoms with Crippen LogP contribution in [0.25, 0.3) is 0 Å². The number of unbranched alkanes of at least 4 members (excludes halogenated alkanes) is 2. The van der Waals surface area contributed by atoms with Crippen LogP contribution >= 0.6 is 11.6 Å². The fourth-order valence-electron chi connectivity index (χ4n) is 2.72. The minimum absolute atomic E-state index is 0.0781. The Labute approximate surface area is 150 Å². The summed E-state index contributed by atoms with van der Waals surface area (Å²) in [5, 5.41) is 11.1. The third-order valence-electron chi connectivity index (χ3n) is 4.30. The van der Waals surface area contributed by atoms with Crippen molar-refractivity contribution in [2.75, 3.05) is 27.2 Å². The van der Waals surface area contributed by atoms with Crippen LogP contribution in [0.1, 0.15) is 46.5 Å². The van der Waals surface area contributed by atoms with E-state index in [0.717, 1.165) is 19.3 Å². The van der Waals surface area contributed by atoms with Gasteiger partial charge in [0, 0.05) is 20.6 Å². The maximum absolute atomic E-state index is 11.0. The number of hydrogen-bond acceptors (Lipinski definition) is 5. The number of carbonyl (C=O) groups excluding carboxylic acids is 1. The van der Waals surface area contributed by atoms with E-state index in [1.807, 2.05) is 0 Å². The van der Waals surface area contributed by atoms with Gasteiger partial charge in [-0.3, -0.25) is 14.7 Å². The summed E-state index contributed by atoms with van der Waals surface area (Å²) in [5.74, 6) is 0.222. The third kappa shape index (κ3) is 5.11. The summed E-state index contributed by atoms with van der Waals surface area (Å²) in [7, 11) is 3.41. The van der Waals surface area contributed by atoms with Gasteiger partial charge in [-0.25, -0.2) is 0 Å². The molecule has 0 spiro atoms. The summed E-state index contributed by atoms with van der Waals surface area (Å²) in [4.78, 5) is 22.6. The lowest BCUT2D eigenvalue weighted by atomic mass is 9.82. The predicted octanol–water partition coefficient (Wildman–Crippen LogP) is 3.33. The lowest BCUT2D eigenvalue weighted by Crippen LogP contribution is -2.50. The Hall–Kier alpha value is -1.27. The number of rotatable bonds is 7. The van der Waals surface area contributed by atoms with Crippen molar-refractivity contribution in [3.8, 4) is 0 Å². The SMILES string of the molecule is CCCCCC(C)(C)C(Cl)/C(=N/C)N1CCN(C)O/C1=C(\O)C=O. The van der Waals surface area contributed by atoms with Crippen LogP contribution in [-0.2, 0) is 9.63 Å². The molecule has 0 bridgehead atoms. The van der Waals surface area contributed by atoms with Gasteiger partial charge in [-0.1, -0.05) is 40.0 Å². The van der Waals surface area contributed by atoms with E-state index in [0.29, 0.717) is 25.2 Å². The number of hydrogen-bond donors (Lipinski definition) is 1. The van der Waals surface area contributed by atoms with Crippen LogP contribution in [0.4, 0.5) is 0 Å². The molecule has 0 aromatic heterocycles. The Bertz CT molecular complexity index is 491. The Morgan fingerprint density at radius 2 is 2.12 bits per heavy atom. The van der Waals surface area contributed by atoms with Crippen molar-refractivity contribution in [2.24, 2.45) is 10.4 Å². The third-order valence-corrected chi connectivity index (χ3v) is 5.09. The Balaban J connectivity index is 3.04. The summed E-state index contributed by atoms with van der Waals surface area (Å²) in [6, 6.07) is 0. The maximum Gasteiger partial charge on any atom is 0.265 e. The maximum atomic E-state index is 11.0. The summed E-state index contributed by atoms with van der Waals surface area (Å²) in [6.45, 7) is 7.54. The fraction of sp³-hybridized carbons (Fsp3) is 0.765. The van der Waals surface area contributed by atoms with Gasteiger partial charge < -0.3 is 9.94 Å². The Morgan fingerprint density at radius 3 is 2.67 bits per heavy atom. The topological polar surface area (TPSA) is 65.4 Å². The zero-order valence-electron chi connectivity index (χ0n) is 15.4. The first-order valence-corrected chi connectivity index (χ1v) is 8.88. The lowest BCUT2D eigenvalue weighted by Gasteiger charge is -2.40. The molecule has 0 amide bonds. The summed E-state index contributed by atoms with van der Waals surface area (Å²) in [5.41, 5.74) is -0.170. The Morgan fingerprint density at radius 1 is 1.46 bits per heavy atom. The van der Waals surface area contributed by atoms with Gasteiger partial charge in [0.25, 0.3) is 5.88 Å². The molecule has 24 heavy (non-hydrogen) atoms. The highest BCUT2D eigenvalue weighted by Gasteiger charge is 2.37. The minimum atomic E-state index is -0.463. The van der Waals surface area contributed by atoms with Crippen LogP contribution in [0.15, 0.2) is 16.6 Å². The molecule has 0 saturated carbocycles. The molecular weight excluding hydrogens is 330 g/mol. The number of aliphatic imine (C=N–C) groups is 1. The molecule has 6 nitrogen and oxygen atoms in total. The van der Waals surface area contributed by atoms with Crippen molar-refractivity contribution in [1.29, 1.82) is 0 Å². The molecule has 1 unspecified atom stereocenters. The van der Waals surface area contributed by atoms with E-state index >= 15 is 0 Å². The molecule has 1 saturated heterocycles. The zero-order valence-corrected chi connectivity index (χ0v) is 16.1. The van der Waals surface area contributed by atoms with Crippen LogP contribution in [0, 0.1) is 5.41 Å². The van der Waals surface area contributed by atoms with E-state index in [4.69, 9.17) is 16.4 Å². The second-order valence-corrected chi connectivity index (χ2v) is 7.23. The zero-order chi connectivity index (χ0) is 18.3. The van der Waals surface area contributed by atoms with Gasteiger partial charge in [-0.15, -0.1) is 16.7 Å². The molecule has 0 aliphatic carbocycles. The average Bonchev–Trinajstić information content (AvgIpc) is 2.55. The van der Waals surface area contributed by atoms with Gasteiger partial charge in [0.05, 0.1) is 11.9 Å². The second kappa shape index (κ2) is 9.28. The van der Waals surface area contributed by atoms with E-state index in [1.165, 1.54) is 6.42 Å². The highest BCUT2D eigenvalue weighted by molar-refractivity contribution is 6.32.